The first-order valence-electron chi connectivity index (χ1n) is 9.98. The molecule has 0 saturated carbocycles. The molecule has 1 N–H and O–H groups in total. The Labute approximate surface area is 174 Å². The average Bonchev–Trinajstić information content (AvgIpc) is 3.23. The molecule has 5 nitrogen and oxygen atoms in total. The highest BCUT2D eigenvalue weighted by molar-refractivity contribution is 6.24. The Bertz CT molecular complexity index is 1140. The SMILES string of the molecule is O=C1C[C@@H]([C@]2(Cc3ccccc3)C(=O)Nc3ccccc32)C(=O)N1c1ccccc1. The molecular formula is C25H20N2O3. The minimum absolute atomic E-state index is 0.00230. The lowest BCUT2D eigenvalue weighted by Gasteiger charge is -2.32. The van der Waals surface area contributed by atoms with Gasteiger partial charge >= 0.3 is 0 Å². The number of para-hydroxylation sites is 2. The number of amides is 3. The molecule has 148 valence electrons. The van der Waals surface area contributed by atoms with Gasteiger partial charge in [-0.15, -0.1) is 0 Å². The smallest absolute Gasteiger partial charge is 0.238 e. The van der Waals surface area contributed by atoms with Gasteiger partial charge in [-0.3, -0.25) is 19.3 Å². The van der Waals surface area contributed by atoms with Crippen LogP contribution >= 0.6 is 0 Å². The molecule has 5 heteroatoms. The average molecular weight is 396 g/mol. The number of hydrogen-bond donors (Lipinski definition) is 1. The molecule has 3 amide bonds. The Morgan fingerprint density at radius 2 is 1.47 bits per heavy atom. The number of anilines is 2. The summed E-state index contributed by atoms with van der Waals surface area (Å²) in [5, 5.41) is 2.95. The zero-order valence-electron chi connectivity index (χ0n) is 16.2. The van der Waals surface area contributed by atoms with Gasteiger partial charge in [-0.2, -0.15) is 0 Å². The minimum Gasteiger partial charge on any atom is -0.325 e. The Morgan fingerprint density at radius 1 is 0.833 bits per heavy atom. The summed E-state index contributed by atoms with van der Waals surface area (Å²) in [6.45, 7) is 0. The molecule has 2 aliphatic rings. The number of nitrogens with one attached hydrogen (secondary N) is 1. The first kappa shape index (κ1) is 18.3. The fourth-order valence-electron chi connectivity index (χ4n) is 4.77. The molecule has 0 bridgehead atoms. The van der Waals surface area contributed by atoms with Crippen molar-refractivity contribution in [3.63, 3.8) is 0 Å². The van der Waals surface area contributed by atoms with Crippen LogP contribution in [0.25, 0.3) is 0 Å². The van der Waals surface area contributed by atoms with E-state index in [0.717, 1.165) is 11.1 Å². The second-order valence-corrected chi connectivity index (χ2v) is 7.79. The fraction of sp³-hybridized carbons (Fsp3) is 0.160. The van der Waals surface area contributed by atoms with E-state index < -0.39 is 11.3 Å². The van der Waals surface area contributed by atoms with Crippen molar-refractivity contribution in [3.05, 3.63) is 96.1 Å². The maximum atomic E-state index is 13.6. The van der Waals surface area contributed by atoms with Crippen LogP contribution in [0.1, 0.15) is 17.5 Å². The van der Waals surface area contributed by atoms with E-state index in [1.807, 2.05) is 60.7 Å². The molecule has 1 saturated heterocycles. The summed E-state index contributed by atoms with van der Waals surface area (Å²) in [4.78, 5) is 41.2. The van der Waals surface area contributed by atoms with Crippen molar-refractivity contribution in [2.75, 3.05) is 10.2 Å². The predicted octanol–water partition coefficient (Wildman–Crippen LogP) is 3.70. The van der Waals surface area contributed by atoms with E-state index in [9.17, 15) is 14.4 Å². The largest absolute Gasteiger partial charge is 0.325 e. The van der Waals surface area contributed by atoms with Crippen molar-refractivity contribution >= 4 is 29.1 Å². The van der Waals surface area contributed by atoms with Gasteiger partial charge in [-0.05, 0) is 35.7 Å². The second kappa shape index (κ2) is 6.95. The van der Waals surface area contributed by atoms with Gasteiger partial charge in [0, 0.05) is 12.1 Å². The molecular weight excluding hydrogens is 376 g/mol. The van der Waals surface area contributed by atoms with Gasteiger partial charge in [0.25, 0.3) is 0 Å². The Kier molecular flexibility index (Phi) is 4.24. The summed E-state index contributed by atoms with van der Waals surface area (Å²) >= 11 is 0. The highest BCUT2D eigenvalue weighted by atomic mass is 16.2. The van der Waals surface area contributed by atoms with E-state index >= 15 is 0 Å². The Morgan fingerprint density at radius 3 is 2.20 bits per heavy atom. The number of rotatable bonds is 4. The molecule has 2 heterocycles. The summed E-state index contributed by atoms with van der Waals surface area (Å²) < 4.78 is 0. The van der Waals surface area contributed by atoms with Gasteiger partial charge in [0.15, 0.2) is 0 Å². The third-order valence-electron chi connectivity index (χ3n) is 6.14. The first-order chi connectivity index (χ1) is 14.6. The number of fused-ring (bicyclic) bond motifs is 1. The fourth-order valence-corrected chi connectivity index (χ4v) is 4.77. The molecule has 3 aromatic carbocycles. The second-order valence-electron chi connectivity index (χ2n) is 7.79. The zero-order valence-corrected chi connectivity index (χ0v) is 16.2. The first-order valence-corrected chi connectivity index (χ1v) is 9.98. The number of imide groups is 1. The third-order valence-corrected chi connectivity index (χ3v) is 6.14. The van der Waals surface area contributed by atoms with Crippen molar-refractivity contribution in [2.24, 2.45) is 5.92 Å². The van der Waals surface area contributed by atoms with Crippen LogP contribution in [0.2, 0.25) is 0 Å². The van der Waals surface area contributed by atoms with Crippen molar-refractivity contribution in [1.82, 2.24) is 0 Å². The van der Waals surface area contributed by atoms with Crippen LogP contribution in [0, 0.1) is 5.92 Å². The highest BCUT2D eigenvalue weighted by Gasteiger charge is 2.59. The van der Waals surface area contributed by atoms with E-state index in [2.05, 4.69) is 5.32 Å². The summed E-state index contributed by atoms with van der Waals surface area (Å²) in [6, 6.07) is 26.0. The molecule has 0 unspecified atom stereocenters. The van der Waals surface area contributed by atoms with Gasteiger partial charge in [0.1, 0.15) is 0 Å². The highest BCUT2D eigenvalue weighted by Crippen LogP contribution is 2.49. The molecule has 0 aromatic heterocycles. The number of nitrogens with zero attached hydrogens (tertiary/aromatic N) is 1. The molecule has 0 radical (unpaired) electrons. The zero-order chi connectivity index (χ0) is 20.7. The van der Waals surface area contributed by atoms with Crippen LogP contribution in [0.4, 0.5) is 11.4 Å². The third kappa shape index (κ3) is 2.66. The maximum Gasteiger partial charge on any atom is 0.238 e. The van der Waals surface area contributed by atoms with Crippen molar-refractivity contribution in [2.45, 2.75) is 18.3 Å². The van der Waals surface area contributed by atoms with Gasteiger partial charge < -0.3 is 5.32 Å². The number of carbonyl (C=O) groups is 3. The maximum absolute atomic E-state index is 13.6. The Hall–Kier alpha value is -3.73. The van der Waals surface area contributed by atoms with Crippen LogP contribution in [0.15, 0.2) is 84.9 Å². The quantitative estimate of drug-likeness (QED) is 0.684. The van der Waals surface area contributed by atoms with E-state index in [1.165, 1.54) is 4.90 Å². The van der Waals surface area contributed by atoms with Crippen molar-refractivity contribution in [3.8, 4) is 0 Å². The summed E-state index contributed by atoms with van der Waals surface area (Å²) in [5.74, 6) is -1.60. The molecule has 3 aromatic rings. The van der Waals surface area contributed by atoms with E-state index in [-0.39, 0.29) is 24.1 Å². The number of carbonyl (C=O) groups excluding carboxylic acids is 3. The summed E-state index contributed by atoms with van der Waals surface area (Å²) in [5.41, 5.74) is 1.84. The van der Waals surface area contributed by atoms with Crippen LogP contribution < -0.4 is 10.2 Å². The minimum atomic E-state index is -1.13. The van der Waals surface area contributed by atoms with Crippen molar-refractivity contribution < 1.29 is 14.4 Å². The standard InChI is InChI=1S/C25H20N2O3/c28-22-15-20(23(29)27(22)18-11-5-2-6-12-18)25(16-17-9-3-1-4-10-17)19-13-7-8-14-21(19)26-24(25)30/h1-14,20H,15-16H2,(H,26,30)/t20-,25-/m1/s1. The van der Waals surface area contributed by atoms with Crippen LogP contribution in [0.3, 0.4) is 0 Å². The topological polar surface area (TPSA) is 66.5 Å². The Balaban J connectivity index is 1.64. The molecule has 1 fully saturated rings. The number of benzene rings is 3. The van der Waals surface area contributed by atoms with Crippen molar-refractivity contribution in [1.29, 1.82) is 0 Å². The van der Waals surface area contributed by atoms with Crippen LogP contribution in [-0.2, 0) is 26.2 Å². The molecule has 30 heavy (non-hydrogen) atoms. The van der Waals surface area contributed by atoms with Gasteiger partial charge in [0.05, 0.1) is 17.0 Å². The van der Waals surface area contributed by atoms with E-state index in [0.29, 0.717) is 17.8 Å². The summed E-state index contributed by atoms with van der Waals surface area (Å²) in [7, 11) is 0. The molecule has 2 aliphatic heterocycles. The van der Waals surface area contributed by atoms with Gasteiger partial charge in [-0.1, -0.05) is 66.7 Å². The lowest BCUT2D eigenvalue weighted by molar-refractivity contribution is -0.130. The monoisotopic (exact) mass is 396 g/mol. The van der Waals surface area contributed by atoms with E-state index in [4.69, 9.17) is 0 Å². The lowest BCUT2D eigenvalue weighted by atomic mass is 9.66. The van der Waals surface area contributed by atoms with Gasteiger partial charge in [0.2, 0.25) is 17.7 Å². The molecule has 0 aliphatic carbocycles. The normalized spacial score (nSPS) is 22.9. The van der Waals surface area contributed by atoms with Crippen LogP contribution in [-0.4, -0.2) is 17.7 Å². The number of hydrogen-bond acceptors (Lipinski definition) is 3. The molecule has 0 spiro atoms. The summed E-state index contributed by atoms with van der Waals surface area (Å²) in [6.07, 6.45) is 0.352. The predicted molar refractivity (Wildman–Crippen MR) is 114 cm³/mol. The lowest BCUT2D eigenvalue weighted by Crippen LogP contribution is -2.47. The van der Waals surface area contributed by atoms with E-state index in [1.54, 1.807) is 24.3 Å². The molecule has 5 rings (SSSR count). The van der Waals surface area contributed by atoms with Crippen LogP contribution in [0.5, 0.6) is 0 Å². The van der Waals surface area contributed by atoms with Gasteiger partial charge in [-0.25, -0.2) is 0 Å². The molecule has 2 atom stereocenters.